The minimum Gasteiger partial charge on any atom is -0.493 e. The minimum absolute atomic E-state index is 0.0792. The Bertz CT molecular complexity index is 808. The Morgan fingerprint density at radius 1 is 1.08 bits per heavy atom. The molecule has 0 unspecified atom stereocenters. The van der Waals surface area contributed by atoms with Gasteiger partial charge in [0.25, 0.3) is 11.6 Å². The highest BCUT2D eigenvalue weighted by Crippen LogP contribution is 2.29. The first-order valence-corrected chi connectivity index (χ1v) is 7.44. The van der Waals surface area contributed by atoms with Crippen LogP contribution in [-0.2, 0) is 0 Å². The number of non-ortho nitro benzene ring substituents is 1. The number of amides is 1. The van der Waals surface area contributed by atoms with Crippen molar-refractivity contribution in [2.45, 2.75) is 0 Å². The fourth-order valence-corrected chi connectivity index (χ4v) is 2.20. The maximum Gasteiger partial charge on any atom is 0.269 e. The lowest BCUT2D eigenvalue weighted by molar-refractivity contribution is -0.384. The third-order valence-electron chi connectivity index (χ3n) is 3.21. The molecule has 25 heavy (non-hydrogen) atoms. The van der Waals surface area contributed by atoms with Gasteiger partial charge in [0.05, 0.1) is 19.1 Å². The molecular formula is C16H15N3O5S. The number of carbonyl (C=O) groups excluding carboxylic acids is 1. The number of hydrogen-bond donors (Lipinski definition) is 2. The summed E-state index contributed by atoms with van der Waals surface area (Å²) in [5.41, 5.74) is 0.760. The largest absolute Gasteiger partial charge is 0.493 e. The van der Waals surface area contributed by atoms with Gasteiger partial charge in [0.1, 0.15) is 0 Å². The molecule has 2 aromatic carbocycles. The van der Waals surface area contributed by atoms with Crippen molar-refractivity contribution in [2.75, 3.05) is 19.5 Å². The van der Waals surface area contributed by atoms with E-state index in [4.69, 9.17) is 21.7 Å². The minimum atomic E-state index is -0.537. The van der Waals surface area contributed by atoms with Crippen LogP contribution in [0.3, 0.4) is 0 Å². The summed E-state index contributed by atoms with van der Waals surface area (Å²) in [6.45, 7) is 0. The summed E-state index contributed by atoms with van der Waals surface area (Å²) in [6.07, 6.45) is 0. The van der Waals surface area contributed by atoms with Gasteiger partial charge in [0.2, 0.25) is 0 Å². The molecule has 2 aromatic rings. The molecule has 9 heteroatoms. The topological polar surface area (TPSA) is 103 Å². The predicted molar refractivity (Wildman–Crippen MR) is 96.3 cm³/mol. The molecule has 0 aliphatic carbocycles. The summed E-state index contributed by atoms with van der Waals surface area (Å²) in [5.74, 6) is 0.596. The van der Waals surface area contributed by atoms with Gasteiger partial charge in [-0.1, -0.05) is 0 Å². The lowest BCUT2D eigenvalue weighted by Gasteiger charge is -2.12. The molecule has 2 rings (SSSR count). The SMILES string of the molecule is COc1ccc(NC(=S)NC(=O)c2ccc([N+](=O)[O-])cc2)cc1OC. The van der Waals surface area contributed by atoms with Crippen molar-refractivity contribution in [3.63, 3.8) is 0 Å². The van der Waals surface area contributed by atoms with E-state index in [2.05, 4.69) is 10.6 Å². The zero-order valence-corrected chi connectivity index (χ0v) is 14.3. The van der Waals surface area contributed by atoms with Crippen molar-refractivity contribution in [3.05, 3.63) is 58.1 Å². The van der Waals surface area contributed by atoms with Gasteiger partial charge < -0.3 is 14.8 Å². The summed E-state index contributed by atoms with van der Waals surface area (Å²) in [7, 11) is 3.04. The third-order valence-corrected chi connectivity index (χ3v) is 3.41. The predicted octanol–water partition coefficient (Wildman–Crippen LogP) is 2.74. The first-order chi connectivity index (χ1) is 11.9. The third kappa shape index (κ3) is 4.64. The van der Waals surface area contributed by atoms with E-state index in [0.717, 1.165) is 0 Å². The number of nitro groups is 1. The van der Waals surface area contributed by atoms with E-state index in [9.17, 15) is 14.9 Å². The van der Waals surface area contributed by atoms with Gasteiger partial charge in [-0.25, -0.2) is 0 Å². The lowest BCUT2D eigenvalue weighted by Crippen LogP contribution is -2.34. The Morgan fingerprint density at radius 3 is 2.28 bits per heavy atom. The molecular weight excluding hydrogens is 346 g/mol. The van der Waals surface area contributed by atoms with E-state index < -0.39 is 10.8 Å². The number of ether oxygens (including phenoxy) is 2. The van der Waals surface area contributed by atoms with Crippen molar-refractivity contribution in [3.8, 4) is 11.5 Å². The van der Waals surface area contributed by atoms with Gasteiger partial charge in [-0.2, -0.15) is 0 Å². The van der Waals surface area contributed by atoms with Gasteiger partial charge in [0.15, 0.2) is 16.6 Å². The van der Waals surface area contributed by atoms with Gasteiger partial charge >= 0.3 is 0 Å². The molecule has 0 radical (unpaired) electrons. The molecule has 0 aromatic heterocycles. The zero-order chi connectivity index (χ0) is 18.4. The second-order valence-corrected chi connectivity index (χ2v) is 5.19. The van der Waals surface area contributed by atoms with Gasteiger partial charge in [-0.05, 0) is 36.5 Å². The lowest BCUT2D eigenvalue weighted by atomic mass is 10.2. The Hall–Kier alpha value is -3.20. The second kappa shape index (κ2) is 8.06. The second-order valence-electron chi connectivity index (χ2n) is 4.78. The van der Waals surface area contributed by atoms with Crippen LogP contribution in [0.1, 0.15) is 10.4 Å². The first kappa shape index (κ1) is 18.1. The number of anilines is 1. The number of benzene rings is 2. The number of nitrogens with one attached hydrogen (secondary N) is 2. The molecule has 0 spiro atoms. The number of thiocarbonyl (C=S) groups is 1. The number of hydrogen-bond acceptors (Lipinski definition) is 6. The molecule has 0 heterocycles. The molecule has 0 bridgehead atoms. The van der Waals surface area contributed by atoms with Crippen LogP contribution in [0.25, 0.3) is 0 Å². The Labute approximate surface area is 148 Å². The van der Waals surface area contributed by atoms with Crippen LogP contribution in [0.5, 0.6) is 11.5 Å². The molecule has 2 N–H and O–H groups in total. The molecule has 0 aliphatic rings. The maximum absolute atomic E-state index is 12.1. The molecule has 0 atom stereocenters. The fourth-order valence-electron chi connectivity index (χ4n) is 1.99. The van der Waals surface area contributed by atoms with E-state index in [1.165, 1.54) is 38.5 Å². The molecule has 130 valence electrons. The Balaban J connectivity index is 2.02. The maximum atomic E-state index is 12.1. The van der Waals surface area contributed by atoms with Crippen LogP contribution in [0.2, 0.25) is 0 Å². The molecule has 1 amide bonds. The van der Waals surface area contributed by atoms with E-state index in [0.29, 0.717) is 17.2 Å². The standard InChI is InChI=1S/C16H15N3O5S/c1-23-13-8-5-11(9-14(13)24-2)17-16(25)18-15(20)10-3-6-12(7-4-10)19(21)22/h3-9H,1-2H3,(H2,17,18,20,25). The molecule has 0 saturated heterocycles. The Kier molecular flexibility index (Phi) is 5.85. The van der Waals surface area contributed by atoms with Crippen molar-refractivity contribution < 1.29 is 19.2 Å². The van der Waals surface area contributed by atoms with Gasteiger partial charge in [-0.15, -0.1) is 0 Å². The Morgan fingerprint density at radius 2 is 1.72 bits per heavy atom. The van der Waals surface area contributed by atoms with Gasteiger partial charge in [-0.3, -0.25) is 20.2 Å². The number of nitro benzene ring substituents is 1. The van der Waals surface area contributed by atoms with Crippen LogP contribution in [0, 0.1) is 10.1 Å². The van der Waals surface area contributed by atoms with Crippen molar-refractivity contribution in [1.82, 2.24) is 5.32 Å². The molecule has 0 aliphatic heterocycles. The monoisotopic (exact) mass is 361 g/mol. The van der Waals surface area contributed by atoms with Crippen LogP contribution < -0.4 is 20.1 Å². The van der Waals surface area contributed by atoms with Gasteiger partial charge in [0, 0.05) is 29.4 Å². The number of nitrogens with zero attached hydrogens (tertiary/aromatic N) is 1. The highest BCUT2D eigenvalue weighted by atomic mass is 32.1. The smallest absolute Gasteiger partial charge is 0.269 e. The number of rotatable bonds is 5. The fraction of sp³-hybridized carbons (Fsp3) is 0.125. The highest BCUT2D eigenvalue weighted by molar-refractivity contribution is 7.80. The van der Waals surface area contributed by atoms with E-state index in [-0.39, 0.29) is 16.4 Å². The first-order valence-electron chi connectivity index (χ1n) is 7.03. The van der Waals surface area contributed by atoms with Crippen LogP contribution in [-0.4, -0.2) is 30.2 Å². The quantitative estimate of drug-likeness (QED) is 0.479. The average Bonchev–Trinajstić information content (AvgIpc) is 2.61. The molecule has 0 saturated carbocycles. The summed E-state index contributed by atoms with van der Waals surface area (Å²) in [6, 6.07) is 10.3. The summed E-state index contributed by atoms with van der Waals surface area (Å²) >= 11 is 5.10. The van der Waals surface area contributed by atoms with Crippen molar-refractivity contribution >= 4 is 34.6 Å². The highest BCUT2D eigenvalue weighted by Gasteiger charge is 2.11. The summed E-state index contributed by atoms with van der Waals surface area (Å²) < 4.78 is 10.3. The molecule has 8 nitrogen and oxygen atoms in total. The zero-order valence-electron chi connectivity index (χ0n) is 13.4. The summed E-state index contributed by atoms with van der Waals surface area (Å²) in [5, 5.41) is 16.0. The van der Waals surface area contributed by atoms with E-state index >= 15 is 0 Å². The number of methoxy groups -OCH3 is 2. The van der Waals surface area contributed by atoms with E-state index in [1.54, 1.807) is 18.2 Å². The van der Waals surface area contributed by atoms with Crippen molar-refractivity contribution in [2.24, 2.45) is 0 Å². The van der Waals surface area contributed by atoms with Crippen LogP contribution in [0.4, 0.5) is 11.4 Å². The normalized spacial score (nSPS) is 9.84. The van der Waals surface area contributed by atoms with Crippen molar-refractivity contribution in [1.29, 1.82) is 0 Å². The van der Waals surface area contributed by atoms with Crippen LogP contribution >= 0.6 is 12.2 Å². The average molecular weight is 361 g/mol. The number of carbonyl (C=O) groups is 1. The summed E-state index contributed by atoms with van der Waals surface area (Å²) in [4.78, 5) is 22.2. The van der Waals surface area contributed by atoms with E-state index in [1.807, 2.05) is 0 Å². The van der Waals surface area contributed by atoms with Crippen LogP contribution in [0.15, 0.2) is 42.5 Å². The molecule has 0 fully saturated rings.